The summed E-state index contributed by atoms with van der Waals surface area (Å²) in [5, 5.41) is 30.8. The van der Waals surface area contributed by atoms with Crippen LogP contribution in [0.3, 0.4) is 0 Å². The van der Waals surface area contributed by atoms with Gasteiger partial charge in [-0.2, -0.15) is 0 Å². The lowest BCUT2D eigenvalue weighted by Crippen LogP contribution is -2.59. The van der Waals surface area contributed by atoms with Crippen LogP contribution in [0.4, 0.5) is 5.69 Å². The van der Waals surface area contributed by atoms with Gasteiger partial charge in [-0.15, -0.1) is 12.4 Å². The number of aromatic nitrogens is 4. The number of carbonyl (C=O) groups excluding carboxylic acids is 3. The van der Waals surface area contributed by atoms with Crippen LogP contribution in [0.25, 0.3) is 22.3 Å². The standard InChI is InChI=1S/C45H49N7O11S.ClH/c1-6-45(30-17-33-35-25(15-24-9-7-8-10-31(24)49-35)19-52(33)40(56)29(30)20-60-43(45)58)63-41(57)34(22(2)3)51-39(55)32(16-27-18-46-21-47-27)50-44(64)48-26-11-13-28(14-12-26)62-42-37(54)38(59-5)36(53)23(4)61-42;/h7-15,17-18,21-23,32,34,36-38,42,53-54H,6,16,19-20H2,1-5H3,(H,46,47)(H,51,55)(H2,48,50,64);1H. The number of imidazole rings is 1. The van der Waals surface area contributed by atoms with Gasteiger partial charge in [0.1, 0.15) is 42.8 Å². The normalized spacial score (nSPS) is 22.9. The number of benzene rings is 2. The van der Waals surface area contributed by atoms with E-state index in [1.54, 1.807) is 68.8 Å². The molecule has 0 radical (unpaired) electrons. The lowest BCUT2D eigenvalue weighted by atomic mass is 9.85. The van der Waals surface area contributed by atoms with E-state index < -0.39 is 72.2 Å². The van der Waals surface area contributed by atoms with Gasteiger partial charge >= 0.3 is 11.9 Å². The van der Waals surface area contributed by atoms with E-state index in [0.717, 1.165) is 16.5 Å². The van der Waals surface area contributed by atoms with Gasteiger partial charge in [0.25, 0.3) is 5.56 Å². The van der Waals surface area contributed by atoms with E-state index in [-0.39, 0.29) is 60.2 Å². The lowest BCUT2D eigenvalue weighted by Gasteiger charge is -2.40. The fourth-order valence-electron chi connectivity index (χ4n) is 8.34. The first kappa shape index (κ1) is 47.0. The summed E-state index contributed by atoms with van der Waals surface area (Å²) in [6.45, 7) is 6.74. The molecule has 6 heterocycles. The molecule has 65 heavy (non-hydrogen) atoms. The zero-order valence-corrected chi connectivity index (χ0v) is 37.7. The van der Waals surface area contributed by atoms with Gasteiger partial charge in [0.15, 0.2) is 5.11 Å². The average Bonchev–Trinajstić information content (AvgIpc) is 3.93. The Morgan fingerprint density at radius 1 is 1.08 bits per heavy atom. The highest BCUT2D eigenvalue weighted by Crippen LogP contribution is 2.41. The number of thiocarbonyl (C=S) groups is 1. The van der Waals surface area contributed by atoms with Crippen LogP contribution in [0.15, 0.2) is 78.0 Å². The Labute approximate surface area is 384 Å². The second-order valence-electron chi connectivity index (χ2n) is 16.4. The lowest BCUT2D eigenvalue weighted by molar-refractivity contribution is -0.272. The first-order chi connectivity index (χ1) is 30.7. The van der Waals surface area contributed by atoms with Crippen molar-refractivity contribution in [2.24, 2.45) is 5.92 Å². The van der Waals surface area contributed by atoms with E-state index in [2.05, 4.69) is 25.9 Å². The number of H-pyrrole nitrogens is 1. The molecule has 2 aromatic carbocycles. The van der Waals surface area contributed by atoms with Crippen LogP contribution in [-0.2, 0) is 58.5 Å². The summed E-state index contributed by atoms with van der Waals surface area (Å²) >= 11 is 5.63. The maximum atomic E-state index is 14.3. The van der Waals surface area contributed by atoms with E-state index in [1.807, 2.05) is 30.3 Å². The first-order valence-corrected chi connectivity index (χ1v) is 21.3. The second kappa shape index (κ2) is 19.3. The van der Waals surface area contributed by atoms with Gasteiger partial charge < -0.3 is 59.4 Å². The third-order valence-corrected chi connectivity index (χ3v) is 12.1. The number of cyclic esters (lactones) is 1. The fourth-order valence-corrected chi connectivity index (χ4v) is 8.60. The third kappa shape index (κ3) is 9.16. The molecule has 1 fully saturated rings. The van der Waals surface area contributed by atoms with Crippen LogP contribution in [0.1, 0.15) is 56.5 Å². The van der Waals surface area contributed by atoms with Gasteiger partial charge in [0.2, 0.25) is 17.8 Å². The highest BCUT2D eigenvalue weighted by Gasteiger charge is 2.52. The Balaban J connectivity index is 0.00000630. The molecule has 18 nitrogen and oxygen atoms in total. The van der Waals surface area contributed by atoms with Gasteiger partial charge in [0.05, 0.1) is 41.4 Å². The number of ether oxygens (including phenoxy) is 5. The number of anilines is 1. The van der Waals surface area contributed by atoms with Crippen LogP contribution in [0.5, 0.6) is 5.75 Å². The molecule has 8 atom stereocenters. The second-order valence-corrected chi connectivity index (χ2v) is 16.8. The number of aromatic amines is 1. The summed E-state index contributed by atoms with van der Waals surface area (Å²) in [6.07, 6.45) is -1.89. The van der Waals surface area contributed by atoms with E-state index in [4.69, 9.17) is 40.9 Å². The highest BCUT2D eigenvalue weighted by molar-refractivity contribution is 7.80. The third-order valence-electron chi connectivity index (χ3n) is 11.9. The summed E-state index contributed by atoms with van der Waals surface area (Å²) in [6, 6.07) is 15.6. The predicted molar refractivity (Wildman–Crippen MR) is 242 cm³/mol. The number of pyridine rings is 2. The molecule has 344 valence electrons. The van der Waals surface area contributed by atoms with E-state index in [9.17, 15) is 29.4 Å². The zero-order valence-electron chi connectivity index (χ0n) is 36.1. The smallest absolute Gasteiger partial charge is 0.355 e. The molecule has 0 aliphatic carbocycles. The van der Waals surface area contributed by atoms with Crippen LogP contribution >= 0.6 is 24.6 Å². The minimum absolute atomic E-state index is 0. The van der Waals surface area contributed by atoms with Crippen molar-refractivity contribution in [1.82, 2.24) is 30.2 Å². The van der Waals surface area contributed by atoms with Gasteiger partial charge in [-0.3, -0.25) is 9.59 Å². The Morgan fingerprint density at radius 3 is 2.52 bits per heavy atom. The summed E-state index contributed by atoms with van der Waals surface area (Å²) in [4.78, 5) is 68.4. The van der Waals surface area contributed by atoms with Crippen molar-refractivity contribution in [3.63, 3.8) is 0 Å². The largest absolute Gasteiger partial charge is 0.462 e. The van der Waals surface area contributed by atoms with E-state index >= 15 is 0 Å². The van der Waals surface area contributed by atoms with E-state index in [1.165, 1.54) is 13.4 Å². The molecule has 8 rings (SSSR count). The number of esters is 2. The topological polar surface area (TPSA) is 237 Å². The summed E-state index contributed by atoms with van der Waals surface area (Å²) in [5.74, 6) is -2.51. The van der Waals surface area contributed by atoms with Crippen molar-refractivity contribution >= 4 is 64.2 Å². The van der Waals surface area contributed by atoms with Gasteiger partial charge in [-0.25, -0.2) is 19.6 Å². The molecule has 6 N–H and O–H groups in total. The van der Waals surface area contributed by atoms with Crippen LogP contribution in [0.2, 0.25) is 0 Å². The predicted octanol–water partition coefficient (Wildman–Crippen LogP) is 3.37. The first-order valence-electron chi connectivity index (χ1n) is 20.9. The minimum atomic E-state index is -1.99. The Bertz CT molecular complexity index is 2650. The molecule has 0 bridgehead atoms. The number of fused-ring (bicyclic) bond motifs is 5. The molecule has 8 unspecified atom stereocenters. The molecule has 1 amide bonds. The molecule has 0 saturated carbocycles. The van der Waals surface area contributed by atoms with Crippen LogP contribution in [-0.4, -0.2) is 103 Å². The maximum absolute atomic E-state index is 14.3. The molecular formula is C45H50ClN7O11S. The van der Waals surface area contributed by atoms with Gasteiger partial charge in [-0.1, -0.05) is 39.0 Å². The number of halogens is 1. The van der Waals surface area contributed by atoms with Crippen LogP contribution in [0, 0.1) is 5.92 Å². The minimum Gasteiger partial charge on any atom is -0.462 e. The number of methoxy groups -OCH3 is 1. The molecule has 20 heteroatoms. The van der Waals surface area contributed by atoms with Crippen LogP contribution < -0.4 is 26.2 Å². The van der Waals surface area contributed by atoms with Crippen molar-refractivity contribution in [3.05, 3.63) is 106 Å². The van der Waals surface area contributed by atoms with Crippen molar-refractivity contribution in [1.29, 1.82) is 0 Å². The van der Waals surface area contributed by atoms with Crippen molar-refractivity contribution < 1.29 is 48.3 Å². The number of nitrogens with zero attached hydrogens (tertiary/aromatic N) is 3. The fraction of sp³-hybridized carbons (Fsp3) is 0.400. The number of rotatable bonds is 13. The quantitative estimate of drug-likeness (QED) is 0.0719. The Hall–Kier alpha value is -5.96. The molecule has 5 aromatic rings. The van der Waals surface area contributed by atoms with Crippen molar-refractivity contribution in [3.8, 4) is 17.1 Å². The maximum Gasteiger partial charge on any atom is 0.355 e. The number of aliphatic hydroxyl groups is 2. The molecular weight excluding hydrogens is 882 g/mol. The number of hydrogen-bond donors (Lipinski definition) is 6. The average molecular weight is 932 g/mol. The molecule has 3 aliphatic rings. The Morgan fingerprint density at radius 2 is 1.83 bits per heavy atom. The summed E-state index contributed by atoms with van der Waals surface area (Å²) in [7, 11) is 1.38. The Kier molecular flexibility index (Phi) is 13.9. The zero-order chi connectivity index (χ0) is 45.4. The number of aliphatic hydroxyl groups excluding tert-OH is 2. The monoisotopic (exact) mass is 931 g/mol. The number of para-hydroxylation sites is 1. The summed E-state index contributed by atoms with van der Waals surface area (Å²) in [5.41, 5.74) is 1.84. The van der Waals surface area contributed by atoms with E-state index in [0.29, 0.717) is 28.5 Å². The molecule has 0 spiro atoms. The molecule has 1 saturated heterocycles. The SMILES string of the molecule is CCC1(OC(=O)C(NC(=O)C(Cc2cnc[nH]2)NC(=S)Nc2ccc(OC3OC(C)C(O)C(OC)C3O)cc2)C(C)C)C(=O)OCc2c1cc1n(c2=O)Cc2cc3ccccc3nc2-1.Cl. The molecule has 3 aliphatic heterocycles. The van der Waals surface area contributed by atoms with Gasteiger partial charge in [0, 0.05) is 47.6 Å². The molecule has 3 aromatic heterocycles. The number of amides is 1. The van der Waals surface area contributed by atoms with Gasteiger partial charge in [-0.05, 0) is 73.9 Å². The van der Waals surface area contributed by atoms with Crippen molar-refractivity contribution in [2.75, 3.05) is 12.4 Å². The number of nitrogens with one attached hydrogen (secondary N) is 4. The number of hydrogen-bond acceptors (Lipinski definition) is 14. The van der Waals surface area contributed by atoms with Crippen molar-refractivity contribution in [2.45, 2.75) is 102 Å². The highest BCUT2D eigenvalue weighted by atomic mass is 35.5. The number of carbonyl (C=O) groups is 3. The summed E-state index contributed by atoms with van der Waals surface area (Å²) < 4.78 is 30.1.